The molecule has 0 aromatic heterocycles. The van der Waals surface area contributed by atoms with Crippen molar-refractivity contribution in [2.45, 2.75) is 25.4 Å². The second-order valence-electron chi connectivity index (χ2n) is 4.74. The summed E-state index contributed by atoms with van der Waals surface area (Å²) in [6.07, 6.45) is -1.43. The van der Waals surface area contributed by atoms with Gasteiger partial charge in [0, 0.05) is 12.2 Å². The minimum atomic E-state index is -4.22. The van der Waals surface area contributed by atoms with Gasteiger partial charge in [-0.3, -0.25) is 4.79 Å². The number of alkyl halides is 3. The summed E-state index contributed by atoms with van der Waals surface area (Å²) in [7, 11) is 0. The zero-order chi connectivity index (χ0) is 14.6. The molecule has 0 bridgehead atoms. The summed E-state index contributed by atoms with van der Waals surface area (Å²) in [4.78, 5) is 13.8. The first-order chi connectivity index (χ1) is 9.47. The lowest BCUT2D eigenvalue weighted by atomic mass is 10.1. The first-order valence-corrected chi connectivity index (χ1v) is 7.65. The summed E-state index contributed by atoms with van der Waals surface area (Å²) in [5.41, 5.74) is 1.95. The van der Waals surface area contributed by atoms with Crippen LogP contribution in [0.1, 0.15) is 18.4 Å². The van der Waals surface area contributed by atoms with Crippen molar-refractivity contribution in [1.29, 1.82) is 0 Å². The number of rotatable bonds is 3. The molecular weight excluding hydrogens is 287 g/mol. The number of anilines is 1. The predicted octanol–water partition coefficient (Wildman–Crippen LogP) is 3.65. The number of carbonyl (C=O) groups is 1. The molecule has 1 aromatic rings. The van der Waals surface area contributed by atoms with Gasteiger partial charge in [0.2, 0.25) is 5.91 Å². The molecule has 0 radical (unpaired) electrons. The molecule has 0 saturated carbocycles. The smallest absolute Gasteiger partial charge is 0.311 e. The maximum atomic E-state index is 12.1. The van der Waals surface area contributed by atoms with Gasteiger partial charge in [0.15, 0.2) is 0 Å². The Bertz CT molecular complexity index is 476. The minimum Gasteiger partial charge on any atom is -0.311 e. The maximum Gasteiger partial charge on any atom is 0.397 e. The molecule has 1 amide bonds. The Balaban J connectivity index is 2.02. The lowest BCUT2D eigenvalue weighted by Crippen LogP contribution is -2.33. The van der Waals surface area contributed by atoms with E-state index in [1.807, 2.05) is 24.3 Å². The highest BCUT2D eigenvalue weighted by Crippen LogP contribution is 2.27. The minimum absolute atomic E-state index is 0.131. The molecule has 0 aliphatic carbocycles. The molecule has 20 heavy (non-hydrogen) atoms. The largest absolute Gasteiger partial charge is 0.397 e. The Kier molecular flexibility index (Phi) is 4.96. The molecule has 1 aliphatic rings. The standard InChI is InChI=1S/C14H16F3NOS/c15-14(16,17)10-20-9-13(19)18-8-4-3-6-11-5-1-2-7-12(11)18/h1-2,5,7H,3-4,6,8-10H2. The highest BCUT2D eigenvalue weighted by atomic mass is 32.2. The average molecular weight is 303 g/mol. The molecular formula is C14H16F3NOS. The number of thioether (sulfide) groups is 1. The number of aryl methyl sites for hydroxylation is 1. The molecule has 1 heterocycles. The SMILES string of the molecule is O=C(CSCC(F)(F)F)N1CCCCc2ccccc21. The van der Waals surface area contributed by atoms with Gasteiger partial charge >= 0.3 is 6.18 Å². The van der Waals surface area contributed by atoms with E-state index < -0.39 is 11.9 Å². The van der Waals surface area contributed by atoms with E-state index in [4.69, 9.17) is 0 Å². The van der Waals surface area contributed by atoms with Crippen LogP contribution in [0.2, 0.25) is 0 Å². The molecule has 2 rings (SSSR count). The van der Waals surface area contributed by atoms with E-state index in [2.05, 4.69) is 0 Å². The van der Waals surface area contributed by atoms with Crippen LogP contribution in [0, 0.1) is 0 Å². The first kappa shape index (κ1) is 15.2. The maximum absolute atomic E-state index is 12.1. The third-order valence-corrected chi connectivity index (χ3v) is 4.14. The van der Waals surface area contributed by atoms with Crippen LogP contribution in [0.5, 0.6) is 0 Å². The summed E-state index contributed by atoms with van der Waals surface area (Å²) in [5.74, 6) is -1.35. The molecule has 0 fully saturated rings. The van der Waals surface area contributed by atoms with Gasteiger partial charge in [-0.05, 0) is 30.9 Å². The molecule has 2 nitrogen and oxygen atoms in total. The number of halogens is 3. The highest BCUT2D eigenvalue weighted by molar-refractivity contribution is 8.00. The van der Waals surface area contributed by atoms with E-state index in [0.717, 1.165) is 30.5 Å². The van der Waals surface area contributed by atoms with Crippen LogP contribution in [0.25, 0.3) is 0 Å². The van der Waals surface area contributed by atoms with E-state index in [-0.39, 0.29) is 11.7 Å². The fourth-order valence-corrected chi connectivity index (χ4v) is 2.95. The monoisotopic (exact) mass is 303 g/mol. The normalized spacial score (nSPS) is 15.7. The topological polar surface area (TPSA) is 20.3 Å². The Morgan fingerprint density at radius 2 is 2.00 bits per heavy atom. The van der Waals surface area contributed by atoms with Crippen molar-refractivity contribution in [2.24, 2.45) is 0 Å². The van der Waals surface area contributed by atoms with E-state index in [0.29, 0.717) is 18.3 Å². The molecule has 1 aromatic carbocycles. The predicted molar refractivity (Wildman–Crippen MR) is 75.1 cm³/mol. The van der Waals surface area contributed by atoms with Crippen molar-refractivity contribution in [1.82, 2.24) is 0 Å². The van der Waals surface area contributed by atoms with Gasteiger partial charge in [-0.25, -0.2) is 0 Å². The molecule has 6 heteroatoms. The van der Waals surface area contributed by atoms with Crippen molar-refractivity contribution in [2.75, 3.05) is 23.0 Å². The third-order valence-electron chi connectivity index (χ3n) is 3.15. The number of para-hydroxylation sites is 1. The van der Waals surface area contributed by atoms with Crippen molar-refractivity contribution in [3.63, 3.8) is 0 Å². The summed E-state index contributed by atoms with van der Waals surface area (Å²) >= 11 is 0.627. The number of fused-ring (bicyclic) bond motifs is 1. The van der Waals surface area contributed by atoms with Crippen LogP contribution in [-0.2, 0) is 11.2 Å². The van der Waals surface area contributed by atoms with Gasteiger partial charge in [0.1, 0.15) is 0 Å². The number of amides is 1. The molecule has 0 unspecified atom stereocenters. The molecule has 110 valence electrons. The summed E-state index contributed by atoms with van der Waals surface area (Å²) in [5, 5.41) is 0. The molecule has 0 N–H and O–H groups in total. The number of hydrogen-bond donors (Lipinski definition) is 0. The Hall–Kier alpha value is -1.17. The fraction of sp³-hybridized carbons (Fsp3) is 0.500. The van der Waals surface area contributed by atoms with Crippen LogP contribution in [0.3, 0.4) is 0 Å². The van der Waals surface area contributed by atoms with Gasteiger partial charge in [-0.15, -0.1) is 11.8 Å². The summed E-state index contributed by atoms with van der Waals surface area (Å²) in [6.45, 7) is 0.586. The Labute approximate surface area is 120 Å². The average Bonchev–Trinajstić information content (AvgIpc) is 2.59. The van der Waals surface area contributed by atoms with Crippen molar-refractivity contribution in [3.05, 3.63) is 29.8 Å². The van der Waals surface area contributed by atoms with E-state index in [1.54, 1.807) is 4.90 Å². The molecule has 0 atom stereocenters. The summed E-state index contributed by atoms with van der Waals surface area (Å²) in [6, 6.07) is 7.62. The van der Waals surface area contributed by atoms with Gasteiger partial charge < -0.3 is 4.90 Å². The van der Waals surface area contributed by atoms with Gasteiger partial charge in [-0.1, -0.05) is 18.2 Å². The second kappa shape index (κ2) is 6.52. The summed E-state index contributed by atoms with van der Waals surface area (Å²) < 4.78 is 36.3. The Morgan fingerprint density at radius 1 is 1.25 bits per heavy atom. The quantitative estimate of drug-likeness (QED) is 0.849. The van der Waals surface area contributed by atoms with E-state index >= 15 is 0 Å². The van der Waals surface area contributed by atoms with Crippen LogP contribution in [0.4, 0.5) is 18.9 Å². The lowest BCUT2D eigenvalue weighted by Gasteiger charge is -2.22. The van der Waals surface area contributed by atoms with E-state index in [9.17, 15) is 18.0 Å². The van der Waals surface area contributed by atoms with Crippen molar-refractivity contribution in [3.8, 4) is 0 Å². The Morgan fingerprint density at radius 3 is 2.75 bits per heavy atom. The second-order valence-corrected chi connectivity index (χ2v) is 5.72. The van der Waals surface area contributed by atoms with Crippen LogP contribution < -0.4 is 4.90 Å². The lowest BCUT2D eigenvalue weighted by molar-refractivity contribution is -0.116. The number of benzene rings is 1. The molecule has 1 aliphatic heterocycles. The van der Waals surface area contributed by atoms with E-state index in [1.165, 1.54) is 0 Å². The zero-order valence-electron chi connectivity index (χ0n) is 10.9. The molecule has 0 saturated heterocycles. The van der Waals surface area contributed by atoms with Crippen LogP contribution in [-0.4, -0.2) is 30.1 Å². The molecule has 0 spiro atoms. The first-order valence-electron chi connectivity index (χ1n) is 6.50. The van der Waals surface area contributed by atoms with Gasteiger partial charge in [-0.2, -0.15) is 13.2 Å². The van der Waals surface area contributed by atoms with Crippen LogP contribution >= 0.6 is 11.8 Å². The van der Waals surface area contributed by atoms with Gasteiger partial charge in [0.05, 0.1) is 11.5 Å². The zero-order valence-corrected chi connectivity index (χ0v) is 11.8. The number of nitrogens with zero attached hydrogens (tertiary/aromatic N) is 1. The fourth-order valence-electron chi connectivity index (χ4n) is 2.28. The van der Waals surface area contributed by atoms with Crippen molar-refractivity contribution < 1.29 is 18.0 Å². The van der Waals surface area contributed by atoms with Crippen LogP contribution in [0.15, 0.2) is 24.3 Å². The van der Waals surface area contributed by atoms with Crippen molar-refractivity contribution >= 4 is 23.4 Å². The highest BCUT2D eigenvalue weighted by Gasteiger charge is 2.28. The number of hydrogen-bond acceptors (Lipinski definition) is 2. The number of carbonyl (C=O) groups excluding carboxylic acids is 1. The third kappa shape index (κ3) is 4.16. The van der Waals surface area contributed by atoms with Gasteiger partial charge in [0.25, 0.3) is 0 Å².